The van der Waals surface area contributed by atoms with Gasteiger partial charge < -0.3 is 0 Å². The first-order valence-corrected chi connectivity index (χ1v) is 7.92. The molecule has 2 aromatic heterocycles. The number of piperidine rings is 1. The number of rotatable bonds is 5. The number of aromatic amines is 1. The zero-order chi connectivity index (χ0) is 12.9. The molecule has 1 aliphatic heterocycles. The van der Waals surface area contributed by atoms with Crippen molar-refractivity contribution in [1.82, 2.24) is 20.1 Å². The van der Waals surface area contributed by atoms with Crippen LogP contribution in [0, 0.1) is 0 Å². The smallest absolute Gasteiger partial charge is 0.110 e. The Morgan fingerprint density at radius 1 is 1.42 bits per heavy atom. The summed E-state index contributed by atoms with van der Waals surface area (Å²) in [6.45, 7) is 2.38. The van der Waals surface area contributed by atoms with Crippen molar-refractivity contribution in [2.24, 2.45) is 0 Å². The van der Waals surface area contributed by atoms with E-state index in [-0.39, 0.29) is 0 Å². The summed E-state index contributed by atoms with van der Waals surface area (Å²) in [6.07, 6.45) is 12.1. The van der Waals surface area contributed by atoms with Gasteiger partial charge in [0.2, 0.25) is 0 Å². The minimum Gasteiger partial charge on any atom is -0.294 e. The molecule has 1 aliphatic rings. The van der Waals surface area contributed by atoms with Crippen molar-refractivity contribution < 1.29 is 0 Å². The van der Waals surface area contributed by atoms with E-state index in [0.29, 0.717) is 6.04 Å². The summed E-state index contributed by atoms with van der Waals surface area (Å²) in [5.41, 5.74) is 1.31. The van der Waals surface area contributed by atoms with Crippen LogP contribution in [-0.4, -0.2) is 33.2 Å². The number of hydrogen-bond acceptors (Lipinski definition) is 4. The second kappa shape index (κ2) is 6.30. The zero-order valence-electron chi connectivity index (χ0n) is 11.1. The molecule has 102 valence electrons. The Labute approximate surface area is 117 Å². The van der Waals surface area contributed by atoms with E-state index >= 15 is 0 Å². The maximum Gasteiger partial charge on any atom is 0.110 e. The van der Waals surface area contributed by atoms with Crippen LogP contribution in [0.25, 0.3) is 0 Å². The van der Waals surface area contributed by atoms with Crippen molar-refractivity contribution in [2.45, 2.75) is 38.1 Å². The van der Waals surface area contributed by atoms with Gasteiger partial charge in [-0.25, -0.2) is 4.98 Å². The molecule has 1 unspecified atom stereocenters. The Hall–Kier alpha value is -1.20. The molecule has 0 saturated carbocycles. The maximum absolute atomic E-state index is 4.51. The highest BCUT2D eigenvalue weighted by atomic mass is 32.1. The van der Waals surface area contributed by atoms with Crippen LogP contribution in [-0.2, 0) is 6.42 Å². The molecule has 3 rings (SSSR count). The minimum absolute atomic E-state index is 0.554. The van der Waals surface area contributed by atoms with E-state index in [9.17, 15) is 0 Å². The van der Waals surface area contributed by atoms with Crippen LogP contribution in [0.3, 0.4) is 0 Å². The normalized spacial score (nSPS) is 20.7. The number of aryl methyl sites for hydroxylation is 1. The number of nitrogens with zero attached hydrogens (tertiary/aromatic N) is 3. The van der Waals surface area contributed by atoms with E-state index < -0.39 is 0 Å². The van der Waals surface area contributed by atoms with Crippen molar-refractivity contribution in [3.8, 4) is 0 Å². The Kier molecular flexibility index (Phi) is 4.25. The molecule has 4 nitrogen and oxygen atoms in total. The van der Waals surface area contributed by atoms with Crippen molar-refractivity contribution in [2.75, 3.05) is 13.1 Å². The number of nitrogens with one attached hydrogen (secondary N) is 1. The Morgan fingerprint density at radius 3 is 3.21 bits per heavy atom. The lowest BCUT2D eigenvalue weighted by Crippen LogP contribution is -2.34. The fraction of sp³-hybridized carbons (Fsp3) is 0.571. The molecule has 0 amide bonds. The largest absolute Gasteiger partial charge is 0.294 e. The molecule has 1 N–H and O–H groups in total. The predicted octanol–water partition coefficient (Wildman–Crippen LogP) is 3.03. The van der Waals surface area contributed by atoms with E-state index in [4.69, 9.17) is 0 Å². The van der Waals surface area contributed by atoms with Crippen LogP contribution >= 0.6 is 11.3 Å². The van der Waals surface area contributed by atoms with Crippen LogP contribution in [0.15, 0.2) is 24.0 Å². The molecule has 5 heteroatoms. The van der Waals surface area contributed by atoms with Gasteiger partial charge in [0.15, 0.2) is 0 Å². The second-order valence-corrected chi connectivity index (χ2v) is 6.05. The molecular weight excluding hydrogens is 256 g/mol. The van der Waals surface area contributed by atoms with Crippen molar-refractivity contribution in [3.05, 3.63) is 34.5 Å². The van der Waals surface area contributed by atoms with Gasteiger partial charge in [-0.05, 0) is 44.3 Å². The summed E-state index contributed by atoms with van der Waals surface area (Å²) in [5, 5.41) is 10.3. The van der Waals surface area contributed by atoms with Crippen LogP contribution in [0.4, 0.5) is 0 Å². The third-order valence-corrected chi connectivity index (χ3v) is 4.69. The highest BCUT2D eigenvalue weighted by Crippen LogP contribution is 2.31. The molecule has 1 atom stereocenters. The summed E-state index contributed by atoms with van der Waals surface area (Å²) in [6, 6.07) is 0.554. The summed E-state index contributed by atoms with van der Waals surface area (Å²) in [4.78, 5) is 7.12. The first kappa shape index (κ1) is 12.8. The van der Waals surface area contributed by atoms with Crippen molar-refractivity contribution >= 4 is 11.3 Å². The average Bonchev–Trinajstić information content (AvgIpc) is 3.12. The molecule has 0 spiro atoms. The third-order valence-electron chi connectivity index (χ3n) is 3.82. The topological polar surface area (TPSA) is 44.8 Å². The molecule has 3 heterocycles. The summed E-state index contributed by atoms with van der Waals surface area (Å²) < 4.78 is 0. The molecule has 0 bridgehead atoms. The molecular formula is C14H20N4S. The lowest BCUT2D eigenvalue weighted by Gasteiger charge is -2.34. The Balaban J connectivity index is 1.55. The van der Waals surface area contributed by atoms with E-state index in [2.05, 4.69) is 25.5 Å². The van der Waals surface area contributed by atoms with Gasteiger partial charge in [0.1, 0.15) is 5.01 Å². The monoisotopic (exact) mass is 276 g/mol. The van der Waals surface area contributed by atoms with Gasteiger partial charge >= 0.3 is 0 Å². The molecule has 1 saturated heterocycles. The fourth-order valence-electron chi connectivity index (χ4n) is 2.84. The van der Waals surface area contributed by atoms with Crippen LogP contribution < -0.4 is 0 Å². The molecule has 0 aliphatic carbocycles. The summed E-state index contributed by atoms with van der Waals surface area (Å²) in [5.74, 6) is 0. The van der Waals surface area contributed by atoms with E-state index in [1.54, 1.807) is 11.3 Å². The quantitative estimate of drug-likeness (QED) is 0.913. The number of H-pyrrole nitrogens is 1. The molecule has 1 fully saturated rings. The molecule has 0 radical (unpaired) electrons. The van der Waals surface area contributed by atoms with Crippen molar-refractivity contribution in [1.29, 1.82) is 0 Å². The van der Waals surface area contributed by atoms with Gasteiger partial charge in [-0.2, -0.15) is 5.10 Å². The van der Waals surface area contributed by atoms with Gasteiger partial charge in [-0.1, -0.05) is 6.42 Å². The van der Waals surface area contributed by atoms with E-state index in [1.165, 1.54) is 42.8 Å². The number of hydrogen-bond donors (Lipinski definition) is 1. The van der Waals surface area contributed by atoms with Gasteiger partial charge in [0.05, 0.1) is 12.2 Å². The Bertz CT molecular complexity index is 466. The first-order chi connectivity index (χ1) is 9.43. The van der Waals surface area contributed by atoms with Crippen LogP contribution in [0.2, 0.25) is 0 Å². The SMILES string of the molecule is c1csc(C2CCCCN2CCCc2cn[nH]c2)n1. The molecule has 0 aromatic carbocycles. The number of thiazole rings is 1. The highest BCUT2D eigenvalue weighted by molar-refractivity contribution is 7.09. The van der Waals surface area contributed by atoms with Gasteiger partial charge in [-0.15, -0.1) is 11.3 Å². The Morgan fingerprint density at radius 2 is 2.42 bits per heavy atom. The summed E-state index contributed by atoms with van der Waals surface area (Å²) >= 11 is 1.80. The van der Waals surface area contributed by atoms with Gasteiger partial charge in [0.25, 0.3) is 0 Å². The lowest BCUT2D eigenvalue weighted by molar-refractivity contribution is 0.147. The average molecular weight is 276 g/mol. The molecule has 19 heavy (non-hydrogen) atoms. The standard InChI is InChI=1S/C14H20N4S/c1-2-7-18(8-3-4-12-10-16-17-11-12)13(5-1)14-15-6-9-19-14/h6,9-11,13H,1-5,7-8H2,(H,16,17). The van der Waals surface area contributed by atoms with Crippen LogP contribution in [0.5, 0.6) is 0 Å². The second-order valence-electron chi connectivity index (χ2n) is 5.13. The lowest BCUT2D eigenvalue weighted by atomic mass is 10.0. The predicted molar refractivity (Wildman–Crippen MR) is 77.2 cm³/mol. The first-order valence-electron chi connectivity index (χ1n) is 7.04. The van der Waals surface area contributed by atoms with Gasteiger partial charge in [-0.3, -0.25) is 10.00 Å². The highest BCUT2D eigenvalue weighted by Gasteiger charge is 2.25. The third kappa shape index (κ3) is 3.22. The van der Waals surface area contributed by atoms with Crippen LogP contribution in [0.1, 0.15) is 42.3 Å². The minimum atomic E-state index is 0.554. The zero-order valence-corrected chi connectivity index (χ0v) is 11.9. The van der Waals surface area contributed by atoms with Crippen molar-refractivity contribution in [3.63, 3.8) is 0 Å². The maximum atomic E-state index is 4.51. The number of aromatic nitrogens is 3. The molecule has 2 aromatic rings. The number of likely N-dealkylation sites (tertiary alicyclic amines) is 1. The van der Waals surface area contributed by atoms with E-state index in [1.807, 2.05) is 18.6 Å². The van der Waals surface area contributed by atoms with Gasteiger partial charge in [0, 0.05) is 17.8 Å². The summed E-state index contributed by atoms with van der Waals surface area (Å²) in [7, 11) is 0. The van der Waals surface area contributed by atoms with E-state index in [0.717, 1.165) is 13.0 Å². The fourth-order valence-corrected chi connectivity index (χ4v) is 3.64.